The molecule has 8 heteroatoms. The van der Waals surface area contributed by atoms with Crippen LogP contribution in [0, 0.1) is 0 Å². The number of carbonyl (C=O) groups is 1. The van der Waals surface area contributed by atoms with Gasteiger partial charge in [0.05, 0.1) is 0 Å². The Kier molecular flexibility index (Phi) is 5.62. The van der Waals surface area contributed by atoms with Crippen molar-refractivity contribution in [3.8, 4) is 28.3 Å². The van der Waals surface area contributed by atoms with Crippen LogP contribution < -0.4 is 20.8 Å². The number of hydrogen-bond acceptors (Lipinski definition) is 6. The molecule has 0 saturated carbocycles. The van der Waals surface area contributed by atoms with Crippen LogP contribution in [0.4, 0.5) is 0 Å². The number of carbonyl (C=O) groups excluding carboxylic acids is 1. The third-order valence-corrected chi connectivity index (χ3v) is 6.21. The molecule has 0 atom stereocenters. The Bertz CT molecular complexity index is 1240. The summed E-state index contributed by atoms with van der Waals surface area (Å²) in [4.78, 5) is 29.8. The van der Waals surface area contributed by atoms with Gasteiger partial charge in [0.25, 0.3) is 11.5 Å². The molecule has 0 radical (unpaired) electrons. The van der Waals surface area contributed by atoms with Gasteiger partial charge in [-0.2, -0.15) is 0 Å². The average Bonchev–Trinajstić information content (AvgIpc) is 3.29. The van der Waals surface area contributed by atoms with Crippen LogP contribution in [0.25, 0.3) is 16.8 Å². The highest BCUT2D eigenvalue weighted by molar-refractivity contribution is 5.93. The van der Waals surface area contributed by atoms with Crippen LogP contribution in [-0.4, -0.2) is 60.3 Å². The van der Waals surface area contributed by atoms with Crippen LogP contribution in [0.15, 0.2) is 59.5 Å². The van der Waals surface area contributed by atoms with Crippen LogP contribution >= 0.6 is 0 Å². The summed E-state index contributed by atoms with van der Waals surface area (Å²) in [6.45, 7) is 5.25. The molecule has 0 aliphatic carbocycles. The zero-order valence-corrected chi connectivity index (χ0v) is 18.5. The molecule has 2 aliphatic rings. The third-order valence-electron chi connectivity index (χ3n) is 6.21. The fourth-order valence-electron chi connectivity index (χ4n) is 4.21. The first kappa shape index (κ1) is 21.2. The van der Waals surface area contributed by atoms with E-state index in [0.717, 1.165) is 38.3 Å². The fraction of sp³-hybridized carbons (Fsp3) is 0.280. The number of fused-ring (bicyclic) bond motifs is 1. The normalized spacial score (nSPS) is 16.2. The summed E-state index contributed by atoms with van der Waals surface area (Å²) < 4.78 is 12.3. The lowest BCUT2D eigenvalue weighted by Gasteiger charge is -2.32. The monoisotopic (exact) mass is 446 g/mol. The van der Waals surface area contributed by atoms with Crippen molar-refractivity contribution in [1.29, 1.82) is 0 Å². The molecule has 2 aromatic carbocycles. The number of amides is 1. The summed E-state index contributed by atoms with van der Waals surface area (Å²) in [7, 11) is 2.14. The predicted molar refractivity (Wildman–Crippen MR) is 125 cm³/mol. The van der Waals surface area contributed by atoms with Crippen molar-refractivity contribution in [3.05, 3.63) is 76.2 Å². The van der Waals surface area contributed by atoms with Gasteiger partial charge >= 0.3 is 0 Å². The fourth-order valence-corrected chi connectivity index (χ4v) is 4.21. The second-order valence-electron chi connectivity index (χ2n) is 8.50. The molecule has 0 unspecified atom stereocenters. The number of pyridine rings is 1. The molecule has 8 nitrogen and oxygen atoms in total. The van der Waals surface area contributed by atoms with Gasteiger partial charge in [0.15, 0.2) is 11.5 Å². The van der Waals surface area contributed by atoms with Crippen molar-refractivity contribution in [1.82, 2.24) is 14.4 Å². The number of aromatic nitrogens is 1. The highest BCUT2D eigenvalue weighted by Crippen LogP contribution is 2.36. The van der Waals surface area contributed by atoms with Gasteiger partial charge in [-0.1, -0.05) is 18.2 Å². The number of rotatable bonds is 5. The molecule has 2 aliphatic heterocycles. The lowest BCUT2D eigenvalue weighted by atomic mass is 10.0. The largest absolute Gasteiger partial charge is 0.454 e. The standard InChI is InChI=1S/C25H26N4O4/c1-27-8-10-28(11-9-27)14-17-2-5-20(6-3-17)29-15-19(12-21(24(26)30)25(29)31)18-4-7-22-23(13-18)33-16-32-22/h2-7,12-13,15H,8-11,14,16H2,1H3,(H2,26,30). The van der Waals surface area contributed by atoms with Crippen molar-refractivity contribution in [2.24, 2.45) is 5.73 Å². The lowest BCUT2D eigenvalue weighted by molar-refractivity contribution is 0.0998. The SMILES string of the molecule is CN1CCN(Cc2ccc(-n3cc(-c4ccc5c(c4)OCO5)cc(C(N)=O)c3=O)cc2)CC1. The van der Waals surface area contributed by atoms with Crippen LogP contribution in [0.5, 0.6) is 11.5 Å². The molecule has 1 aromatic heterocycles. The number of primary amides is 1. The number of likely N-dealkylation sites (N-methyl/N-ethyl adjacent to an activating group) is 1. The van der Waals surface area contributed by atoms with E-state index in [-0.39, 0.29) is 12.4 Å². The van der Waals surface area contributed by atoms with Gasteiger partial charge in [-0.25, -0.2) is 0 Å². The second-order valence-corrected chi connectivity index (χ2v) is 8.50. The van der Waals surface area contributed by atoms with E-state index in [4.69, 9.17) is 15.2 Å². The number of ether oxygens (including phenoxy) is 2. The number of benzene rings is 2. The van der Waals surface area contributed by atoms with Crippen LogP contribution in [0.1, 0.15) is 15.9 Å². The maximum atomic E-state index is 13.0. The molecule has 1 saturated heterocycles. The number of nitrogens with zero attached hydrogens (tertiary/aromatic N) is 3. The zero-order valence-electron chi connectivity index (χ0n) is 18.5. The maximum absolute atomic E-state index is 13.0. The van der Waals surface area contributed by atoms with Crippen LogP contribution in [0.2, 0.25) is 0 Å². The minimum absolute atomic E-state index is 0.0633. The Balaban J connectivity index is 1.47. The van der Waals surface area contributed by atoms with E-state index >= 15 is 0 Å². The predicted octanol–water partition coefficient (Wildman–Crippen LogP) is 2.08. The van der Waals surface area contributed by atoms with E-state index in [0.29, 0.717) is 22.7 Å². The minimum atomic E-state index is -0.761. The third kappa shape index (κ3) is 4.35. The first-order valence-electron chi connectivity index (χ1n) is 10.9. The van der Waals surface area contributed by atoms with E-state index in [1.165, 1.54) is 16.2 Å². The Morgan fingerprint density at radius 1 is 0.939 bits per heavy atom. The number of nitrogens with two attached hydrogens (primary N) is 1. The summed E-state index contributed by atoms with van der Waals surface area (Å²) in [6.07, 6.45) is 1.72. The van der Waals surface area contributed by atoms with Crippen LogP contribution in [0.3, 0.4) is 0 Å². The molecule has 0 spiro atoms. The first-order chi connectivity index (χ1) is 16.0. The summed E-state index contributed by atoms with van der Waals surface area (Å²) in [5.41, 5.74) is 8.35. The van der Waals surface area contributed by atoms with Gasteiger partial charge in [-0.3, -0.25) is 19.1 Å². The highest BCUT2D eigenvalue weighted by atomic mass is 16.7. The molecule has 3 aromatic rings. The summed E-state index contributed by atoms with van der Waals surface area (Å²) in [5.74, 6) is 0.528. The highest BCUT2D eigenvalue weighted by Gasteiger charge is 2.18. The molecule has 3 heterocycles. The minimum Gasteiger partial charge on any atom is -0.454 e. The van der Waals surface area contributed by atoms with E-state index in [2.05, 4.69) is 16.8 Å². The molecule has 0 bridgehead atoms. The molecule has 1 amide bonds. The van der Waals surface area contributed by atoms with Crippen molar-refractivity contribution in [2.45, 2.75) is 6.54 Å². The van der Waals surface area contributed by atoms with Gasteiger partial charge in [0, 0.05) is 44.6 Å². The Morgan fingerprint density at radius 3 is 2.39 bits per heavy atom. The molecular formula is C25H26N4O4. The molecule has 5 rings (SSSR count). The van der Waals surface area contributed by atoms with E-state index in [1.807, 2.05) is 42.5 Å². The van der Waals surface area contributed by atoms with Crippen molar-refractivity contribution in [2.75, 3.05) is 40.0 Å². The summed E-state index contributed by atoms with van der Waals surface area (Å²) in [6, 6.07) is 14.9. The quantitative estimate of drug-likeness (QED) is 0.646. The smallest absolute Gasteiger partial charge is 0.267 e. The van der Waals surface area contributed by atoms with Gasteiger partial charge in [-0.15, -0.1) is 0 Å². The Labute approximate surface area is 191 Å². The van der Waals surface area contributed by atoms with Gasteiger partial charge in [-0.05, 0) is 54.1 Å². The van der Waals surface area contributed by atoms with Crippen molar-refractivity contribution >= 4 is 5.91 Å². The zero-order chi connectivity index (χ0) is 22.9. The Hall–Kier alpha value is -3.62. The van der Waals surface area contributed by atoms with Crippen molar-refractivity contribution in [3.63, 3.8) is 0 Å². The second kappa shape index (κ2) is 8.73. The van der Waals surface area contributed by atoms with E-state index in [9.17, 15) is 9.59 Å². The van der Waals surface area contributed by atoms with E-state index in [1.54, 1.807) is 6.20 Å². The first-order valence-corrected chi connectivity index (χ1v) is 10.9. The average molecular weight is 447 g/mol. The summed E-state index contributed by atoms with van der Waals surface area (Å²) >= 11 is 0. The maximum Gasteiger partial charge on any atom is 0.267 e. The van der Waals surface area contributed by atoms with Gasteiger partial charge in [0.2, 0.25) is 6.79 Å². The number of hydrogen-bond donors (Lipinski definition) is 1. The molecule has 33 heavy (non-hydrogen) atoms. The Morgan fingerprint density at radius 2 is 1.67 bits per heavy atom. The topological polar surface area (TPSA) is 90.0 Å². The van der Waals surface area contributed by atoms with Crippen LogP contribution in [-0.2, 0) is 6.54 Å². The van der Waals surface area contributed by atoms with Gasteiger partial charge < -0.3 is 20.1 Å². The van der Waals surface area contributed by atoms with E-state index < -0.39 is 11.5 Å². The molecule has 1 fully saturated rings. The molecule has 2 N–H and O–H groups in total. The summed E-state index contributed by atoms with van der Waals surface area (Å²) in [5, 5.41) is 0. The lowest BCUT2D eigenvalue weighted by Crippen LogP contribution is -2.43. The molecular weight excluding hydrogens is 420 g/mol. The van der Waals surface area contributed by atoms with Crippen molar-refractivity contribution < 1.29 is 14.3 Å². The number of piperazine rings is 1. The molecule has 170 valence electrons. The van der Waals surface area contributed by atoms with Gasteiger partial charge in [0.1, 0.15) is 5.56 Å².